The molecule has 0 aliphatic carbocycles. The zero-order chi connectivity index (χ0) is 19.8. The van der Waals surface area contributed by atoms with Crippen LogP contribution in [0.4, 0.5) is 0 Å². The molecule has 2 aliphatic rings. The molecule has 0 bridgehead atoms. The van der Waals surface area contributed by atoms with E-state index in [2.05, 4.69) is 35.2 Å². The first-order valence-electron chi connectivity index (χ1n) is 10.5. The van der Waals surface area contributed by atoms with Gasteiger partial charge in [-0.3, -0.25) is 4.79 Å². The highest BCUT2D eigenvalue weighted by Gasteiger charge is 2.27. The topological polar surface area (TPSA) is 67.6 Å². The summed E-state index contributed by atoms with van der Waals surface area (Å²) in [5.74, 6) is 0.450. The predicted molar refractivity (Wildman–Crippen MR) is 109 cm³/mol. The van der Waals surface area contributed by atoms with Crippen molar-refractivity contribution in [2.75, 3.05) is 26.2 Å². The van der Waals surface area contributed by atoms with Crippen LogP contribution in [0.3, 0.4) is 0 Å². The first kappa shape index (κ1) is 20.4. The van der Waals surface area contributed by atoms with Crippen molar-refractivity contribution in [1.29, 1.82) is 5.26 Å². The van der Waals surface area contributed by atoms with Crippen LogP contribution in [-0.4, -0.2) is 53.1 Å². The van der Waals surface area contributed by atoms with Crippen LogP contribution in [0.5, 0.6) is 0 Å². The van der Waals surface area contributed by atoms with E-state index in [0.29, 0.717) is 12.3 Å². The molecule has 0 saturated carbocycles. The number of piperidine rings is 2. The first-order chi connectivity index (χ1) is 13.7. The fraction of sp³-hybridized carbons (Fsp3) is 0.565. The minimum Gasteiger partial charge on any atom is -0.396 e. The average Bonchev–Trinajstić information content (AvgIpc) is 2.74. The smallest absolute Gasteiger partial charge is 0.266 e. The molecule has 5 nitrogen and oxygen atoms in total. The van der Waals surface area contributed by atoms with E-state index in [9.17, 15) is 15.2 Å². The third-order valence-electron chi connectivity index (χ3n) is 6.05. The molecule has 0 aromatic heterocycles. The van der Waals surface area contributed by atoms with E-state index in [0.717, 1.165) is 58.2 Å². The molecule has 0 radical (unpaired) electrons. The van der Waals surface area contributed by atoms with Crippen molar-refractivity contribution in [2.24, 2.45) is 5.92 Å². The first-order valence-corrected chi connectivity index (χ1v) is 10.5. The number of aliphatic hydroxyl groups excluding tert-OH is 1. The maximum Gasteiger partial charge on any atom is 0.266 e. The SMILES string of the molecule is N#C/C(=C/N1CCCCC1CCO)C(=O)N1CCC(Cc2ccccc2)CC1. The molecule has 1 amide bonds. The largest absolute Gasteiger partial charge is 0.396 e. The molecule has 1 aromatic carbocycles. The molecule has 1 atom stereocenters. The second kappa shape index (κ2) is 10.3. The minimum absolute atomic E-state index is 0.139. The number of rotatable bonds is 6. The molecule has 2 aliphatic heterocycles. The van der Waals surface area contributed by atoms with Gasteiger partial charge in [0.1, 0.15) is 11.6 Å². The minimum atomic E-state index is -0.144. The molecule has 1 N–H and O–H groups in total. The second-order valence-corrected chi connectivity index (χ2v) is 7.98. The van der Waals surface area contributed by atoms with E-state index in [1.54, 1.807) is 6.20 Å². The van der Waals surface area contributed by atoms with Crippen molar-refractivity contribution < 1.29 is 9.90 Å². The number of hydrogen-bond acceptors (Lipinski definition) is 4. The normalized spacial score (nSPS) is 21.4. The van der Waals surface area contributed by atoms with Gasteiger partial charge < -0.3 is 14.9 Å². The monoisotopic (exact) mass is 381 g/mol. The summed E-state index contributed by atoms with van der Waals surface area (Å²) >= 11 is 0. The van der Waals surface area contributed by atoms with Gasteiger partial charge in [-0.05, 0) is 56.4 Å². The van der Waals surface area contributed by atoms with Crippen molar-refractivity contribution in [3.8, 4) is 6.07 Å². The summed E-state index contributed by atoms with van der Waals surface area (Å²) in [5, 5.41) is 18.9. The average molecular weight is 382 g/mol. The number of carbonyl (C=O) groups is 1. The Morgan fingerprint density at radius 3 is 2.57 bits per heavy atom. The number of aliphatic hydroxyl groups is 1. The summed E-state index contributed by atoms with van der Waals surface area (Å²) in [6.07, 6.45) is 8.67. The highest BCUT2D eigenvalue weighted by atomic mass is 16.3. The number of nitrogens with zero attached hydrogens (tertiary/aromatic N) is 3. The Morgan fingerprint density at radius 2 is 1.89 bits per heavy atom. The quantitative estimate of drug-likeness (QED) is 0.607. The summed E-state index contributed by atoms with van der Waals surface area (Å²) in [4.78, 5) is 16.8. The fourth-order valence-electron chi connectivity index (χ4n) is 4.41. The van der Waals surface area contributed by atoms with Gasteiger partial charge in [-0.15, -0.1) is 0 Å². The van der Waals surface area contributed by atoms with Gasteiger partial charge in [0.05, 0.1) is 0 Å². The summed E-state index contributed by atoms with van der Waals surface area (Å²) < 4.78 is 0. The molecular formula is C23H31N3O2. The van der Waals surface area contributed by atoms with Gasteiger partial charge in [0.2, 0.25) is 0 Å². The second-order valence-electron chi connectivity index (χ2n) is 7.98. The van der Waals surface area contributed by atoms with E-state index >= 15 is 0 Å². The Kier molecular flexibility index (Phi) is 7.50. The van der Waals surface area contributed by atoms with Crippen LogP contribution in [0.25, 0.3) is 0 Å². The lowest BCUT2D eigenvalue weighted by Crippen LogP contribution is -2.41. The summed E-state index contributed by atoms with van der Waals surface area (Å²) in [5.41, 5.74) is 1.58. The molecule has 0 spiro atoms. The lowest BCUT2D eigenvalue weighted by molar-refractivity contribution is -0.128. The van der Waals surface area contributed by atoms with Crippen LogP contribution >= 0.6 is 0 Å². The van der Waals surface area contributed by atoms with Crippen molar-refractivity contribution in [2.45, 2.75) is 51.0 Å². The van der Waals surface area contributed by atoms with Gasteiger partial charge in [-0.25, -0.2) is 0 Å². The molecule has 28 heavy (non-hydrogen) atoms. The van der Waals surface area contributed by atoms with E-state index in [-0.39, 0.29) is 24.1 Å². The summed E-state index contributed by atoms with van der Waals surface area (Å²) in [7, 11) is 0. The van der Waals surface area contributed by atoms with Crippen LogP contribution in [0.2, 0.25) is 0 Å². The molecule has 1 aromatic rings. The van der Waals surface area contributed by atoms with Gasteiger partial charge in [0.15, 0.2) is 0 Å². The Morgan fingerprint density at radius 1 is 1.14 bits per heavy atom. The lowest BCUT2D eigenvalue weighted by atomic mass is 9.90. The summed E-state index contributed by atoms with van der Waals surface area (Å²) in [6, 6.07) is 12.9. The molecular weight excluding hydrogens is 350 g/mol. The Balaban J connectivity index is 1.57. The molecule has 5 heteroatoms. The number of carbonyl (C=O) groups excluding carboxylic acids is 1. The number of amides is 1. The third kappa shape index (κ3) is 5.36. The van der Waals surface area contributed by atoms with Crippen molar-refractivity contribution in [3.05, 3.63) is 47.7 Å². The van der Waals surface area contributed by atoms with Gasteiger partial charge in [-0.1, -0.05) is 30.3 Å². The summed E-state index contributed by atoms with van der Waals surface area (Å²) in [6.45, 7) is 2.42. The number of nitriles is 1. The highest BCUT2D eigenvalue weighted by molar-refractivity contribution is 5.97. The maximum atomic E-state index is 12.9. The zero-order valence-corrected chi connectivity index (χ0v) is 16.6. The van der Waals surface area contributed by atoms with Gasteiger partial charge >= 0.3 is 0 Å². The molecule has 2 heterocycles. The standard InChI is InChI=1S/C23H31N3O2/c24-17-21(18-26-12-5-4-8-22(26)11-15-27)23(28)25-13-9-20(10-14-25)16-19-6-2-1-3-7-19/h1-3,6-7,18,20,22,27H,4-5,8-16H2/b21-18-. The lowest BCUT2D eigenvalue weighted by Gasteiger charge is -2.35. The van der Waals surface area contributed by atoms with Crippen LogP contribution in [0.1, 0.15) is 44.1 Å². The van der Waals surface area contributed by atoms with Crippen molar-refractivity contribution >= 4 is 5.91 Å². The van der Waals surface area contributed by atoms with E-state index in [1.807, 2.05) is 11.0 Å². The molecule has 2 fully saturated rings. The third-order valence-corrected chi connectivity index (χ3v) is 6.05. The maximum absolute atomic E-state index is 12.9. The Hall–Kier alpha value is -2.32. The van der Waals surface area contributed by atoms with Crippen molar-refractivity contribution in [3.63, 3.8) is 0 Å². The van der Waals surface area contributed by atoms with Crippen LogP contribution in [0, 0.1) is 17.2 Å². The van der Waals surface area contributed by atoms with Crippen molar-refractivity contribution in [1.82, 2.24) is 9.80 Å². The number of likely N-dealkylation sites (tertiary alicyclic amines) is 2. The van der Waals surface area contributed by atoms with Crippen LogP contribution in [0.15, 0.2) is 42.1 Å². The Bertz CT molecular complexity index is 700. The van der Waals surface area contributed by atoms with Gasteiger partial charge in [0.25, 0.3) is 5.91 Å². The van der Waals surface area contributed by atoms with Crippen LogP contribution < -0.4 is 0 Å². The molecule has 1 unspecified atom stereocenters. The molecule has 2 saturated heterocycles. The van der Waals surface area contributed by atoms with Gasteiger partial charge in [-0.2, -0.15) is 5.26 Å². The fourth-order valence-corrected chi connectivity index (χ4v) is 4.41. The molecule has 3 rings (SSSR count). The van der Waals surface area contributed by atoms with Gasteiger partial charge in [0, 0.05) is 38.5 Å². The van der Waals surface area contributed by atoms with E-state index in [4.69, 9.17) is 0 Å². The highest BCUT2D eigenvalue weighted by Crippen LogP contribution is 2.24. The Labute approximate surface area is 168 Å². The van der Waals surface area contributed by atoms with E-state index in [1.165, 1.54) is 5.56 Å². The molecule has 150 valence electrons. The number of hydrogen-bond donors (Lipinski definition) is 1. The predicted octanol–water partition coefficient (Wildman–Crippen LogP) is 3.11. The number of benzene rings is 1. The van der Waals surface area contributed by atoms with E-state index < -0.39 is 0 Å². The zero-order valence-electron chi connectivity index (χ0n) is 16.6. The van der Waals surface area contributed by atoms with Crippen LogP contribution in [-0.2, 0) is 11.2 Å².